The Morgan fingerprint density at radius 2 is 1.59 bits per heavy atom. The highest BCUT2D eigenvalue weighted by Crippen LogP contribution is 2.22. The molecular weight excluding hydrogens is 388 g/mol. The molecule has 0 radical (unpaired) electrons. The molecule has 0 heterocycles. The van der Waals surface area contributed by atoms with E-state index in [1.165, 1.54) is 0 Å². The summed E-state index contributed by atoms with van der Waals surface area (Å²) < 4.78 is 11.0. The number of ether oxygens (including phenoxy) is 2. The molecule has 0 fully saturated rings. The van der Waals surface area contributed by atoms with Crippen LogP contribution in [0.4, 0.5) is 5.69 Å². The van der Waals surface area contributed by atoms with Crippen LogP contribution in [0.25, 0.3) is 10.8 Å². The standard InChI is InChI=1S/C23H33ClN2O3/c1-26(2)22-10-9-19-17-21(8-7-20(19)18-22)23(27)25-12-14-29-16-15-28-13-6-4-3-5-11-24/h7-10,17-18H,3-6,11-16H2,1-2H3,(H,25,27). The Labute approximate surface area is 179 Å². The number of unbranched alkanes of at least 4 members (excludes halogenated alkanes) is 3. The lowest BCUT2D eigenvalue weighted by Gasteiger charge is -2.13. The Morgan fingerprint density at radius 3 is 2.34 bits per heavy atom. The fraction of sp³-hybridized carbons (Fsp3) is 0.522. The van der Waals surface area contributed by atoms with Gasteiger partial charge in [-0.1, -0.05) is 25.0 Å². The van der Waals surface area contributed by atoms with Crippen molar-refractivity contribution >= 4 is 34.0 Å². The van der Waals surface area contributed by atoms with Gasteiger partial charge in [-0.3, -0.25) is 4.79 Å². The van der Waals surface area contributed by atoms with Crippen molar-refractivity contribution < 1.29 is 14.3 Å². The van der Waals surface area contributed by atoms with Gasteiger partial charge in [-0.15, -0.1) is 11.6 Å². The van der Waals surface area contributed by atoms with Gasteiger partial charge in [0.05, 0.1) is 19.8 Å². The normalized spacial score (nSPS) is 11.0. The monoisotopic (exact) mass is 420 g/mol. The molecule has 0 saturated heterocycles. The van der Waals surface area contributed by atoms with Crippen LogP contribution in [0.15, 0.2) is 36.4 Å². The molecule has 0 aromatic heterocycles. The highest BCUT2D eigenvalue weighted by Gasteiger charge is 2.06. The van der Waals surface area contributed by atoms with Crippen molar-refractivity contribution in [2.24, 2.45) is 0 Å². The summed E-state index contributed by atoms with van der Waals surface area (Å²) >= 11 is 5.64. The van der Waals surface area contributed by atoms with Gasteiger partial charge in [-0.05, 0) is 47.9 Å². The SMILES string of the molecule is CN(C)c1ccc2cc(C(=O)NCCOCCOCCCCCCCl)ccc2c1. The van der Waals surface area contributed by atoms with Gasteiger partial charge in [0.2, 0.25) is 0 Å². The van der Waals surface area contributed by atoms with Crippen LogP contribution in [-0.4, -0.2) is 58.9 Å². The van der Waals surface area contributed by atoms with Crippen LogP contribution in [0, 0.1) is 0 Å². The van der Waals surface area contributed by atoms with Crippen molar-refractivity contribution in [3.8, 4) is 0 Å². The van der Waals surface area contributed by atoms with E-state index in [2.05, 4.69) is 22.3 Å². The predicted molar refractivity (Wildman–Crippen MR) is 121 cm³/mol. The topological polar surface area (TPSA) is 50.8 Å². The number of nitrogens with zero attached hydrogens (tertiary/aromatic N) is 1. The third-order valence-electron chi connectivity index (χ3n) is 4.68. The number of hydrogen-bond donors (Lipinski definition) is 1. The van der Waals surface area contributed by atoms with Crippen molar-refractivity contribution in [2.75, 3.05) is 57.8 Å². The number of halogens is 1. The number of carbonyl (C=O) groups is 1. The Hall–Kier alpha value is -1.82. The van der Waals surface area contributed by atoms with Gasteiger partial charge in [0.25, 0.3) is 5.91 Å². The molecule has 0 spiro atoms. The average molecular weight is 421 g/mol. The molecule has 2 rings (SSSR count). The first-order chi connectivity index (χ1) is 14.1. The lowest BCUT2D eigenvalue weighted by Crippen LogP contribution is -2.27. The van der Waals surface area contributed by atoms with Gasteiger partial charge in [0.15, 0.2) is 0 Å². The van der Waals surface area contributed by atoms with Crippen LogP contribution in [0.1, 0.15) is 36.0 Å². The number of anilines is 1. The van der Waals surface area contributed by atoms with E-state index in [9.17, 15) is 4.79 Å². The minimum absolute atomic E-state index is 0.0830. The summed E-state index contributed by atoms with van der Waals surface area (Å²) in [4.78, 5) is 14.4. The molecule has 1 N–H and O–H groups in total. The lowest BCUT2D eigenvalue weighted by atomic mass is 10.1. The zero-order valence-corrected chi connectivity index (χ0v) is 18.3. The molecule has 0 aliphatic rings. The van der Waals surface area contributed by atoms with E-state index in [0.717, 1.165) is 54.6 Å². The zero-order valence-electron chi connectivity index (χ0n) is 17.6. The van der Waals surface area contributed by atoms with E-state index >= 15 is 0 Å². The van der Waals surface area contributed by atoms with Crippen LogP contribution in [0.5, 0.6) is 0 Å². The molecule has 29 heavy (non-hydrogen) atoms. The highest BCUT2D eigenvalue weighted by atomic mass is 35.5. The Balaban J connectivity index is 1.60. The summed E-state index contributed by atoms with van der Waals surface area (Å²) in [6.45, 7) is 2.85. The summed E-state index contributed by atoms with van der Waals surface area (Å²) in [5.74, 6) is 0.657. The summed E-state index contributed by atoms with van der Waals surface area (Å²) in [6, 6.07) is 12.0. The number of rotatable bonds is 14. The molecule has 2 aromatic rings. The van der Waals surface area contributed by atoms with Gasteiger partial charge >= 0.3 is 0 Å². The van der Waals surface area contributed by atoms with Crippen molar-refractivity contribution in [2.45, 2.75) is 25.7 Å². The lowest BCUT2D eigenvalue weighted by molar-refractivity contribution is 0.0468. The molecule has 0 aliphatic carbocycles. The number of alkyl halides is 1. The Bertz CT molecular complexity index is 752. The van der Waals surface area contributed by atoms with Gasteiger partial charge in [-0.2, -0.15) is 0 Å². The van der Waals surface area contributed by atoms with Crippen molar-refractivity contribution in [3.63, 3.8) is 0 Å². The summed E-state index contributed by atoms with van der Waals surface area (Å²) in [5, 5.41) is 5.08. The maximum atomic E-state index is 12.3. The minimum Gasteiger partial charge on any atom is -0.379 e. The molecule has 1 amide bonds. The largest absolute Gasteiger partial charge is 0.379 e. The number of amides is 1. The molecule has 0 saturated carbocycles. The zero-order chi connectivity index (χ0) is 20.9. The summed E-state index contributed by atoms with van der Waals surface area (Å²) in [5.41, 5.74) is 1.80. The number of nitrogens with one attached hydrogen (secondary N) is 1. The molecule has 6 heteroatoms. The quantitative estimate of drug-likeness (QED) is 0.362. The molecule has 0 aliphatic heterocycles. The second-order valence-electron chi connectivity index (χ2n) is 7.22. The van der Waals surface area contributed by atoms with E-state index in [1.807, 2.05) is 38.4 Å². The fourth-order valence-corrected chi connectivity index (χ4v) is 3.15. The fourth-order valence-electron chi connectivity index (χ4n) is 2.97. The van der Waals surface area contributed by atoms with Gasteiger partial charge in [0, 0.05) is 44.4 Å². The van der Waals surface area contributed by atoms with Crippen molar-refractivity contribution in [1.82, 2.24) is 5.32 Å². The van der Waals surface area contributed by atoms with Crippen LogP contribution < -0.4 is 10.2 Å². The molecule has 0 unspecified atom stereocenters. The van der Waals surface area contributed by atoms with Crippen LogP contribution >= 0.6 is 11.6 Å². The van der Waals surface area contributed by atoms with Crippen LogP contribution in [0.3, 0.4) is 0 Å². The van der Waals surface area contributed by atoms with E-state index in [-0.39, 0.29) is 5.91 Å². The third kappa shape index (κ3) is 8.60. The Kier molecular flexibility index (Phi) is 10.8. The second kappa shape index (κ2) is 13.4. The number of carbonyl (C=O) groups excluding carboxylic acids is 1. The number of hydrogen-bond acceptors (Lipinski definition) is 4. The van der Waals surface area contributed by atoms with Crippen molar-refractivity contribution in [3.05, 3.63) is 42.0 Å². The van der Waals surface area contributed by atoms with Crippen LogP contribution in [-0.2, 0) is 9.47 Å². The Morgan fingerprint density at radius 1 is 0.897 bits per heavy atom. The molecule has 0 atom stereocenters. The molecular formula is C23H33ClN2O3. The molecule has 160 valence electrons. The maximum absolute atomic E-state index is 12.3. The van der Waals surface area contributed by atoms with E-state index < -0.39 is 0 Å². The number of benzene rings is 2. The highest BCUT2D eigenvalue weighted by molar-refractivity contribution is 6.17. The first-order valence-electron chi connectivity index (χ1n) is 10.3. The average Bonchev–Trinajstić information content (AvgIpc) is 2.73. The summed E-state index contributed by atoms with van der Waals surface area (Å²) in [6.07, 6.45) is 4.46. The smallest absolute Gasteiger partial charge is 0.251 e. The van der Waals surface area contributed by atoms with Gasteiger partial charge in [-0.25, -0.2) is 0 Å². The predicted octanol–water partition coefficient (Wildman–Crippen LogP) is 4.47. The van der Waals surface area contributed by atoms with E-state index in [0.29, 0.717) is 31.9 Å². The molecule has 5 nitrogen and oxygen atoms in total. The molecule has 0 bridgehead atoms. The van der Waals surface area contributed by atoms with Crippen molar-refractivity contribution in [1.29, 1.82) is 0 Å². The summed E-state index contributed by atoms with van der Waals surface area (Å²) in [7, 11) is 4.03. The van der Waals surface area contributed by atoms with Gasteiger partial charge < -0.3 is 19.7 Å². The second-order valence-corrected chi connectivity index (χ2v) is 7.60. The third-order valence-corrected chi connectivity index (χ3v) is 4.95. The molecule has 2 aromatic carbocycles. The van der Waals surface area contributed by atoms with Crippen LogP contribution in [0.2, 0.25) is 0 Å². The maximum Gasteiger partial charge on any atom is 0.251 e. The number of fused-ring (bicyclic) bond motifs is 1. The van der Waals surface area contributed by atoms with E-state index in [1.54, 1.807) is 0 Å². The van der Waals surface area contributed by atoms with E-state index in [4.69, 9.17) is 21.1 Å². The first kappa shape index (κ1) is 23.5. The first-order valence-corrected chi connectivity index (χ1v) is 10.9. The minimum atomic E-state index is -0.0830. The van der Waals surface area contributed by atoms with Gasteiger partial charge in [0.1, 0.15) is 0 Å².